The van der Waals surface area contributed by atoms with Gasteiger partial charge in [0, 0.05) is 26.2 Å². The predicted molar refractivity (Wildman–Crippen MR) is 93.0 cm³/mol. The first-order valence-corrected chi connectivity index (χ1v) is 9.20. The number of halogens is 1. The van der Waals surface area contributed by atoms with Gasteiger partial charge in [0.2, 0.25) is 15.9 Å². The van der Waals surface area contributed by atoms with Gasteiger partial charge in [0.1, 0.15) is 6.04 Å². The van der Waals surface area contributed by atoms with Crippen LogP contribution in [0.25, 0.3) is 0 Å². The molecule has 1 aliphatic rings. The van der Waals surface area contributed by atoms with E-state index in [4.69, 9.17) is 5.73 Å². The van der Waals surface area contributed by atoms with Crippen LogP contribution in [0.5, 0.6) is 0 Å². The molecule has 0 aromatic heterocycles. The third kappa shape index (κ3) is 5.17. The molecule has 1 heterocycles. The van der Waals surface area contributed by atoms with Crippen LogP contribution in [0.4, 0.5) is 0 Å². The maximum Gasteiger partial charge on any atom is 0.244 e. The highest BCUT2D eigenvalue weighted by atomic mass is 35.5. The molecule has 1 aromatic carbocycles. The Labute approximate surface area is 144 Å². The summed E-state index contributed by atoms with van der Waals surface area (Å²) in [4.78, 5) is 14.2. The average Bonchev–Trinajstić information content (AvgIpc) is 2.72. The van der Waals surface area contributed by atoms with Crippen LogP contribution in [-0.4, -0.2) is 56.0 Å². The summed E-state index contributed by atoms with van der Waals surface area (Å²) in [5.41, 5.74) is 7.96. The molecular weight excluding hydrogens is 338 g/mol. The van der Waals surface area contributed by atoms with E-state index >= 15 is 0 Å². The number of hydrogen-bond donors (Lipinski definition) is 1. The van der Waals surface area contributed by atoms with Crippen molar-refractivity contribution in [3.63, 3.8) is 0 Å². The van der Waals surface area contributed by atoms with Gasteiger partial charge in [-0.3, -0.25) is 4.79 Å². The number of aryl methyl sites for hydroxylation is 1. The van der Waals surface area contributed by atoms with Crippen molar-refractivity contribution in [1.82, 2.24) is 9.21 Å². The molecule has 0 aliphatic carbocycles. The van der Waals surface area contributed by atoms with E-state index in [-0.39, 0.29) is 18.3 Å². The van der Waals surface area contributed by atoms with Gasteiger partial charge in [-0.15, -0.1) is 12.4 Å². The van der Waals surface area contributed by atoms with Crippen LogP contribution in [0.2, 0.25) is 0 Å². The van der Waals surface area contributed by atoms with Gasteiger partial charge in [-0.05, 0) is 18.9 Å². The fraction of sp³-hybridized carbons (Fsp3) is 0.533. The summed E-state index contributed by atoms with van der Waals surface area (Å²) in [6, 6.07) is 6.87. The summed E-state index contributed by atoms with van der Waals surface area (Å²) in [6.07, 6.45) is 1.82. The molecule has 1 amide bonds. The van der Waals surface area contributed by atoms with Crippen molar-refractivity contribution in [1.29, 1.82) is 0 Å². The molecule has 8 heteroatoms. The Balaban J connectivity index is 0.00000264. The zero-order valence-corrected chi connectivity index (χ0v) is 15.1. The Morgan fingerprint density at radius 1 is 1.13 bits per heavy atom. The van der Waals surface area contributed by atoms with Gasteiger partial charge in [0.05, 0.1) is 6.26 Å². The van der Waals surface area contributed by atoms with Crippen molar-refractivity contribution in [2.75, 3.05) is 32.4 Å². The topological polar surface area (TPSA) is 83.7 Å². The van der Waals surface area contributed by atoms with Crippen LogP contribution in [0.1, 0.15) is 23.6 Å². The van der Waals surface area contributed by atoms with Gasteiger partial charge in [-0.25, -0.2) is 12.7 Å². The van der Waals surface area contributed by atoms with E-state index in [1.807, 2.05) is 31.2 Å². The molecule has 0 spiro atoms. The number of carbonyl (C=O) groups is 1. The number of amides is 1. The quantitative estimate of drug-likeness (QED) is 0.867. The molecule has 23 heavy (non-hydrogen) atoms. The maximum atomic E-state index is 12.5. The predicted octanol–water partition coefficient (Wildman–Crippen LogP) is 0.911. The lowest BCUT2D eigenvalue weighted by Gasteiger charge is -2.24. The van der Waals surface area contributed by atoms with Gasteiger partial charge in [0.15, 0.2) is 0 Å². The Morgan fingerprint density at radius 2 is 1.74 bits per heavy atom. The second kappa shape index (κ2) is 8.10. The molecule has 0 radical (unpaired) electrons. The van der Waals surface area contributed by atoms with Crippen LogP contribution in [0, 0.1) is 6.92 Å². The third-order valence-electron chi connectivity index (χ3n) is 3.94. The van der Waals surface area contributed by atoms with Gasteiger partial charge in [-0.1, -0.05) is 29.8 Å². The minimum absolute atomic E-state index is 0. The summed E-state index contributed by atoms with van der Waals surface area (Å²) >= 11 is 0. The number of nitrogens with zero attached hydrogens (tertiary/aromatic N) is 2. The van der Waals surface area contributed by atoms with Crippen molar-refractivity contribution < 1.29 is 13.2 Å². The molecule has 0 saturated carbocycles. The van der Waals surface area contributed by atoms with E-state index in [0.717, 1.165) is 11.1 Å². The molecule has 1 unspecified atom stereocenters. The maximum absolute atomic E-state index is 12.5. The van der Waals surface area contributed by atoms with Crippen molar-refractivity contribution >= 4 is 28.3 Å². The van der Waals surface area contributed by atoms with Crippen LogP contribution in [-0.2, 0) is 14.8 Å². The van der Waals surface area contributed by atoms with Crippen LogP contribution >= 0.6 is 12.4 Å². The average molecular weight is 362 g/mol. The molecule has 2 N–H and O–H groups in total. The molecule has 0 bridgehead atoms. The van der Waals surface area contributed by atoms with Crippen LogP contribution in [0.15, 0.2) is 24.3 Å². The SMILES string of the molecule is Cc1ccc(C(N)C(=O)N2CCCN(S(C)(=O)=O)CC2)cc1.Cl. The molecule has 1 aliphatic heterocycles. The summed E-state index contributed by atoms with van der Waals surface area (Å²) < 4.78 is 24.6. The molecule has 1 saturated heterocycles. The van der Waals surface area contributed by atoms with Gasteiger partial charge >= 0.3 is 0 Å². The van der Waals surface area contributed by atoms with E-state index in [2.05, 4.69) is 0 Å². The van der Waals surface area contributed by atoms with E-state index in [0.29, 0.717) is 32.6 Å². The van der Waals surface area contributed by atoms with Crippen molar-refractivity contribution in [3.05, 3.63) is 35.4 Å². The first kappa shape index (κ1) is 19.9. The molecule has 1 atom stereocenters. The van der Waals surface area contributed by atoms with Gasteiger partial charge in [-0.2, -0.15) is 0 Å². The lowest BCUT2D eigenvalue weighted by molar-refractivity contribution is -0.132. The largest absolute Gasteiger partial charge is 0.340 e. The number of rotatable bonds is 3. The Morgan fingerprint density at radius 3 is 2.30 bits per heavy atom. The highest BCUT2D eigenvalue weighted by Crippen LogP contribution is 2.16. The normalized spacial score (nSPS) is 18.0. The van der Waals surface area contributed by atoms with E-state index in [9.17, 15) is 13.2 Å². The van der Waals surface area contributed by atoms with Crippen LogP contribution < -0.4 is 5.73 Å². The zero-order valence-electron chi connectivity index (χ0n) is 13.4. The molecule has 130 valence electrons. The minimum Gasteiger partial charge on any atom is -0.340 e. The summed E-state index contributed by atoms with van der Waals surface area (Å²) in [6.45, 7) is 3.66. The summed E-state index contributed by atoms with van der Waals surface area (Å²) in [7, 11) is -3.21. The third-order valence-corrected chi connectivity index (χ3v) is 5.24. The van der Waals surface area contributed by atoms with Gasteiger partial charge in [0.25, 0.3) is 0 Å². The first-order valence-electron chi connectivity index (χ1n) is 7.35. The monoisotopic (exact) mass is 361 g/mol. The number of carbonyl (C=O) groups excluding carboxylic acids is 1. The molecule has 1 aromatic rings. The lowest BCUT2D eigenvalue weighted by Crippen LogP contribution is -2.41. The first-order chi connectivity index (χ1) is 10.3. The van der Waals surface area contributed by atoms with Gasteiger partial charge < -0.3 is 10.6 Å². The molecule has 2 rings (SSSR count). The van der Waals surface area contributed by atoms with Crippen molar-refractivity contribution in [2.24, 2.45) is 5.73 Å². The fourth-order valence-corrected chi connectivity index (χ4v) is 3.43. The van der Waals surface area contributed by atoms with E-state index in [1.165, 1.54) is 10.6 Å². The van der Waals surface area contributed by atoms with E-state index in [1.54, 1.807) is 4.90 Å². The molecular formula is C15H24ClN3O3S. The Bertz CT molecular complexity index is 634. The summed E-state index contributed by atoms with van der Waals surface area (Å²) in [5.74, 6) is -0.154. The second-order valence-electron chi connectivity index (χ2n) is 5.73. The zero-order chi connectivity index (χ0) is 16.3. The number of benzene rings is 1. The molecule has 1 fully saturated rings. The fourth-order valence-electron chi connectivity index (χ4n) is 2.56. The number of nitrogens with two attached hydrogens (primary N) is 1. The van der Waals surface area contributed by atoms with Crippen LogP contribution in [0.3, 0.4) is 0 Å². The van der Waals surface area contributed by atoms with E-state index < -0.39 is 16.1 Å². The van der Waals surface area contributed by atoms with Crippen molar-refractivity contribution in [2.45, 2.75) is 19.4 Å². The Hall–Kier alpha value is -1.15. The smallest absolute Gasteiger partial charge is 0.244 e. The Kier molecular flexibility index (Phi) is 7.01. The summed E-state index contributed by atoms with van der Waals surface area (Å²) in [5, 5.41) is 0. The molecule has 6 nitrogen and oxygen atoms in total. The lowest BCUT2D eigenvalue weighted by atomic mass is 10.0. The minimum atomic E-state index is -3.21. The highest BCUT2D eigenvalue weighted by molar-refractivity contribution is 7.88. The highest BCUT2D eigenvalue weighted by Gasteiger charge is 2.27. The number of sulfonamides is 1. The van der Waals surface area contributed by atoms with Crippen molar-refractivity contribution in [3.8, 4) is 0 Å². The standard InChI is InChI=1S/C15H23N3O3S.ClH/c1-12-4-6-13(7-5-12)14(16)15(19)17-8-3-9-18(11-10-17)22(2,20)21;/h4-7,14H,3,8-11,16H2,1-2H3;1H. The second-order valence-corrected chi connectivity index (χ2v) is 7.71. The number of hydrogen-bond acceptors (Lipinski definition) is 4.